The van der Waals surface area contributed by atoms with Gasteiger partial charge in [0.15, 0.2) is 5.16 Å². The largest absolute Gasteiger partial charge is 0.384 e. The molecule has 0 amide bonds. The smallest absolute Gasteiger partial charge is 0.189 e. The van der Waals surface area contributed by atoms with Crippen LogP contribution in [0.5, 0.6) is 0 Å². The minimum Gasteiger partial charge on any atom is -0.384 e. The van der Waals surface area contributed by atoms with E-state index in [1.54, 1.807) is 24.0 Å². The Bertz CT molecular complexity index is 267. The van der Waals surface area contributed by atoms with Crippen LogP contribution in [-0.4, -0.2) is 14.7 Å². The second-order valence-electron chi connectivity index (χ2n) is 3.48. The Balaban J connectivity index is 2.77. The first-order valence-corrected chi connectivity index (χ1v) is 4.56. The first kappa shape index (κ1) is 9.32. The van der Waals surface area contributed by atoms with E-state index in [2.05, 4.69) is 30.7 Å². The van der Waals surface area contributed by atoms with Crippen molar-refractivity contribution in [1.82, 2.24) is 9.97 Å². The van der Waals surface area contributed by atoms with Crippen molar-refractivity contribution in [1.29, 1.82) is 0 Å². The third-order valence-electron chi connectivity index (χ3n) is 1.05. The molecule has 0 fully saturated rings. The van der Waals surface area contributed by atoms with E-state index < -0.39 is 0 Å². The first-order valence-electron chi connectivity index (χ1n) is 3.75. The molecule has 12 heavy (non-hydrogen) atoms. The van der Waals surface area contributed by atoms with Gasteiger partial charge in [0, 0.05) is 10.9 Å². The molecule has 4 heteroatoms. The molecule has 0 aromatic carbocycles. The average Bonchev–Trinajstić information content (AvgIpc) is 1.82. The number of nitrogens with two attached hydrogens (primary N) is 1. The fraction of sp³-hybridized carbons (Fsp3) is 0.500. The highest BCUT2D eigenvalue weighted by atomic mass is 32.2. The Kier molecular flexibility index (Phi) is 2.57. The van der Waals surface area contributed by atoms with Gasteiger partial charge in [0.05, 0.1) is 0 Å². The highest BCUT2D eigenvalue weighted by Gasteiger charge is 2.13. The highest BCUT2D eigenvalue weighted by molar-refractivity contribution is 8.00. The van der Waals surface area contributed by atoms with Gasteiger partial charge in [0.25, 0.3) is 0 Å². The highest BCUT2D eigenvalue weighted by Crippen LogP contribution is 2.28. The van der Waals surface area contributed by atoms with Crippen LogP contribution >= 0.6 is 11.8 Å². The molecule has 1 heterocycles. The van der Waals surface area contributed by atoms with Gasteiger partial charge in [-0.15, -0.1) is 0 Å². The van der Waals surface area contributed by atoms with Crippen molar-refractivity contribution in [2.24, 2.45) is 0 Å². The molecule has 1 aromatic heterocycles. The van der Waals surface area contributed by atoms with Gasteiger partial charge in [-0.3, -0.25) is 0 Å². The molecular weight excluding hydrogens is 170 g/mol. The summed E-state index contributed by atoms with van der Waals surface area (Å²) in [7, 11) is 0. The Morgan fingerprint density at radius 3 is 2.58 bits per heavy atom. The van der Waals surface area contributed by atoms with Crippen LogP contribution in [0.15, 0.2) is 17.4 Å². The Morgan fingerprint density at radius 2 is 2.08 bits per heavy atom. The second-order valence-corrected chi connectivity index (χ2v) is 5.27. The normalized spacial score (nSPS) is 11.6. The predicted octanol–water partition coefficient (Wildman–Crippen LogP) is 1.95. The van der Waals surface area contributed by atoms with Gasteiger partial charge in [-0.1, -0.05) is 32.5 Å². The topological polar surface area (TPSA) is 51.8 Å². The third-order valence-corrected chi connectivity index (χ3v) is 2.04. The zero-order valence-electron chi connectivity index (χ0n) is 7.53. The SMILES string of the molecule is CC(C)(C)Sc1nccc(N)n1. The Morgan fingerprint density at radius 1 is 1.42 bits per heavy atom. The van der Waals surface area contributed by atoms with Gasteiger partial charge in [-0.25, -0.2) is 9.97 Å². The number of anilines is 1. The molecule has 2 N–H and O–H groups in total. The zero-order valence-corrected chi connectivity index (χ0v) is 8.35. The van der Waals surface area contributed by atoms with Gasteiger partial charge in [0.2, 0.25) is 0 Å². The van der Waals surface area contributed by atoms with Crippen LogP contribution in [0.3, 0.4) is 0 Å². The molecule has 0 saturated heterocycles. The van der Waals surface area contributed by atoms with Crippen molar-refractivity contribution < 1.29 is 0 Å². The summed E-state index contributed by atoms with van der Waals surface area (Å²) in [5.41, 5.74) is 5.51. The van der Waals surface area contributed by atoms with Crippen molar-refractivity contribution in [3.8, 4) is 0 Å². The molecule has 0 unspecified atom stereocenters. The number of nitrogens with zero attached hydrogens (tertiary/aromatic N) is 2. The van der Waals surface area contributed by atoms with E-state index in [1.165, 1.54) is 0 Å². The fourth-order valence-corrected chi connectivity index (χ4v) is 1.49. The van der Waals surface area contributed by atoms with E-state index in [4.69, 9.17) is 5.73 Å². The maximum atomic E-state index is 5.51. The molecule has 0 spiro atoms. The van der Waals surface area contributed by atoms with Gasteiger partial charge in [-0.05, 0) is 6.07 Å². The van der Waals surface area contributed by atoms with E-state index in [1.807, 2.05) is 0 Å². The van der Waals surface area contributed by atoms with Gasteiger partial charge in [-0.2, -0.15) is 0 Å². The summed E-state index contributed by atoms with van der Waals surface area (Å²) in [6.45, 7) is 6.35. The lowest BCUT2D eigenvalue weighted by atomic mass is 10.3. The summed E-state index contributed by atoms with van der Waals surface area (Å²) in [5.74, 6) is 0.525. The predicted molar refractivity (Wildman–Crippen MR) is 52.1 cm³/mol. The van der Waals surface area contributed by atoms with Crippen molar-refractivity contribution in [3.05, 3.63) is 12.3 Å². The quantitative estimate of drug-likeness (QED) is 0.534. The molecule has 0 atom stereocenters. The fourth-order valence-electron chi connectivity index (χ4n) is 0.677. The van der Waals surface area contributed by atoms with E-state index in [0.29, 0.717) is 5.82 Å². The minimum atomic E-state index is 0.133. The maximum Gasteiger partial charge on any atom is 0.189 e. The first-order chi connectivity index (χ1) is 5.47. The van der Waals surface area contributed by atoms with Crippen LogP contribution < -0.4 is 5.73 Å². The molecule has 66 valence electrons. The van der Waals surface area contributed by atoms with E-state index >= 15 is 0 Å². The Hall–Kier alpha value is -0.770. The lowest BCUT2D eigenvalue weighted by Crippen LogP contribution is -2.08. The molecule has 0 aliphatic carbocycles. The second kappa shape index (κ2) is 3.31. The molecule has 0 bridgehead atoms. The zero-order chi connectivity index (χ0) is 9.19. The minimum absolute atomic E-state index is 0.133. The maximum absolute atomic E-state index is 5.51. The molecule has 1 rings (SSSR count). The van der Waals surface area contributed by atoms with E-state index in [9.17, 15) is 0 Å². The molecule has 3 nitrogen and oxygen atoms in total. The molecule has 0 aliphatic rings. The average molecular weight is 183 g/mol. The summed E-state index contributed by atoms with van der Waals surface area (Å²) < 4.78 is 0.133. The van der Waals surface area contributed by atoms with E-state index in [-0.39, 0.29) is 4.75 Å². The summed E-state index contributed by atoms with van der Waals surface area (Å²) in [5, 5.41) is 0.738. The molecule has 0 saturated carbocycles. The summed E-state index contributed by atoms with van der Waals surface area (Å²) in [6, 6.07) is 1.69. The summed E-state index contributed by atoms with van der Waals surface area (Å²) in [6.07, 6.45) is 1.68. The summed E-state index contributed by atoms with van der Waals surface area (Å²) >= 11 is 1.61. The Labute approximate surface area is 76.8 Å². The number of hydrogen-bond acceptors (Lipinski definition) is 4. The molecule has 0 radical (unpaired) electrons. The van der Waals surface area contributed by atoms with Crippen LogP contribution in [0.4, 0.5) is 5.82 Å². The monoisotopic (exact) mass is 183 g/mol. The van der Waals surface area contributed by atoms with Crippen LogP contribution in [0.1, 0.15) is 20.8 Å². The van der Waals surface area contributed by atoms with Crippen LogP contribution in [-0.2, 0) is 0 Å². The number of rotatable bonds is 1. The summed E-state index contributed by atoms with van der Waals surface area (Å²) in [4.78, 5) is 8.18. The van der Waals surface area contributed by atoms with Crippen LogP contribution in [0.2, 0.25) is 0 Å². The lowest BCUT2D eigenvalue weighted by Gasteiger charge is -2.15. The van der Waals surface area contributed by atoms with Crippen molar-refractivity contribution >= 4 is 17.6 Å². The van der Waals surface area contributed by atoms with E-state index in [0.717, 1.165) is 5.16 Å². The molecule has 0 aliphatic heterocycles. The van der Waals surface area contributed by atoms with Crippen molar-refractivity contribution in [2.45, 2.75) is 30.7 Å². The van der Waals surface area contributed by atoms with Gasteiger partial charge < -0.3 is 5.73 Å². The number of hydrogen-bond donors (Lipinski definition) is 1. The van der Waals surface area contributed by atoms with Gasteiger partial charge in [0.1, 0.15) is 5.82 Å². The molecule has 1 aromatic rings. The third kappa shape index (κ3) is 3.09. The molecular formula is C8H13N3S. The van der Waals surface area contributed by atoms with Crippen molar-refractivity contribution in [3.63, 3.8) is 0 Å². The van der Waals surface area contributed by atoms with Gasteiger partial charge >= 0.3 is 0 Å². The lowest BCUT2D eigenvalue weighted by molar-refractivity contribution is 0.792. The van der Waals surface area contributed by atoms with Crippen molar-refractivity contribution in [2.75, 3.05) is 5.73 Å². The number of nitrogen functional groups attached to an aromatic ring is 1. The van der Waals surface area contributed by atoms with Crippen LogP contribution in [0.25, 0.3) is 0 Å². The van der Waals surface area contributed by atoms with Crippen LogP contribution in [0, 0.1) is 0 Å². The standard InChI is InChI=1S/C8H13N3S/c1-8(2,3)12-7-10-5-4-6(9)11-7/h4-5H,1-3H3,(H2,9,10,11). The number of aromatic nitrogens is 2. The number of thioether (sulfide) groups is 1.